The summed E-state index contributed by atoms with van der Waals surface area (Å²) in [6.07, 6.45) is 3.44. The highest BCUT2D eigenvalue weighted by atomic mass is 16.1. The Bertz CT molecular complexity index is 487. The number of hydrogen-bond donors (Lipinski definition) is 1. The molecule has 0 bridgehead atoms. The Morgan fingerprint density at radius 1 is 1.50 bits per heavy atom. The van der Waals surface area contributed by atoms with Crippen LogP contribution in [-0.2, 0) is 0 Å². The first-order chi connectivity index (χ1) is 6.74. The number of hydrogen-bond acceptors (Lipinski definition) is 3. The predicted molar refractivity (Wildman–Crippen MR) is 54.7 cm³/mol. The number of pyridine rings is 1. The summed E-state index contributed by atoms with van der Waals surface area (Å²) in [6, 6.07) is 3.69. The van der Waals surface area contributed by atoms with Gasteiger partial charge in [-0.05, 0) is 19.1 Å². The van der Waals surface area contributed by atoms with Crippen molar-refractivity contribution in [3.63, 3.8) is 0 Å². The molecule has 0 fully saturated rings. The van der Waals surface area contributed by atoms with Crippen LogP contribution in [0.1, 0.15) is 17.3 Å². The highest BCUT2D eigenvalue weighted by Gasteiger charge is 2.09. The second kappa shape index (κ2) is 3.14. The molecule has 4 nitrogen and oxygen atoms in total. The highest BCUT2D eigenvalue weighted by molar-refractivity contribution is 5.99. The Labute approximate surface area is 81.6 Å². The number of carbonyl (C=O) groups excluding carboxylic acids is 1. The number of carbonyl (C=O) groups is 1. The average Bonchev–Trinajstić information content (AvgIpc) is 2.63. The monoisotopic (exact) mass is 189 g/mol. The van der Waals surface area contributed by atoms with Gasteiger partial charge >= 0.3 is 0 Å². The molecule has 0 saturated carbocycles. The Hall–Kier alpha value is -1.84. The third-order valence-electron chi connectivity index (χ3n) is 2.20. The van der Waals surface area contributed by atoms with Gasteiger partial charge in [0.05, 0.1) is 17.3 Å². The summed E-state index contributed by atoms with van der Waals surface area (Å²) in [5, 5.41) is 3.01. The number of nitrogens with zero attached hydrogens (tertiary/aromatic N) is 2. The fourth-order valence-electron chi connectivity index (χ4n) is 1.53. The smallest absolute Gasteiger partial charge is 0.163 e. The zero-order valence-corrected chi connectivity index (χ0v) is 8.11. The summed E-state index contributed by atoms with van der Waals surface area (Å²) in [6.45, 7) is 1.55. The molecule has 0 saturated heterocycles. The third-order valence-corrected chi connectivity index (χ3v) is 2.20. The van der Waals surface area contributed by atoms with E-state index in [1.807, 2.05) is 16.5 Å². The van der Waals surface area contributed by atoms with Crippen LogP contribution in [0.4, 0.5) is 5.82 Å². The number of Topliss-reactive ketones (excluding diaryl/α,β-unsaturated/α-hetero) is 1. The molecule has 2 rings (SSSR count). The Kier molecular flexibility index (Phi) is 1.96. The molecular formula is C10H11N3O. The maximum absolute atomic E-state index is 11.3. The van der Waals surface area contributed by atoms with E-state index in [2.05, 4.69) is 10.3 Å². The van der Waals surface area contributed by atoms with E-state index in [4.69, 9.17) is 0 Å². The van der Waals surface area contributed by atoms with Crippen LogP contribution < -0.4 is 5.32 Å². The first kappa shape index (κ1) is 8.74. The van der Waals surface area contributed by atoms with Gasteiger partial charge in [0.2, 0.25) is 0 Å². The lowest BCUT2D eigenvalue weighted by molar-refractivity contribution is 0.101. The van der Waals surface area contributed by atoms with Crippen molar-refractivity contribution >= 4 is 17.1 Å². The second-order valence-corrected chi connectivity index (χ2v) is 3.09. The molecule has 0 aliphatic carbocycles. The van der Waals surface area contributed by atoms with Crippen LogP contribution in [0.2, 0.25) is 0 Å². The van der Waals surface area contributed by atoms with E-state index in [9.17, 15) is 4.79 Å². The lowest BCUT2D eigenvalue weighted by Crippen LogP contribution is -2.05. The van der Waals surface area contributed by atoms with E-state index in [-0.39, 0.29) is 5.78 Å². The number of anilines is 1. The average molecular weight is 189 g/mol. The summed E-state index contributed by atoms with van der Waals surface area (Å²) in [7, 11) is 1.79. The quantitative estimate of drug-likeness (QED) is 0.729. The molecule has 0 aliphatic rings. The Balaban J connectivity index is 2.78. The van der Waals surface area contributed by atoms with Crippen molar-refractivity contribution in [1.82, 2.24) is 9.38 Å². The summed E-state index contributed by atoms with van der Waals surface area (Å²) >= 11 is 0. The standard InChI is InChI=1S/C10H11N3O/c1-7(14)9-4-3-8-5-12-6-13(8)10(9)11-2/h3-6,11H,1-2H3. The van der Waals surface area contributed by atoms with Crippen molar-refractivity contribution < 1.29 is 4.79 Å². The molecule has 14 heavy (non-hydrogen) atoms. The molecule has 0 aliphatic heterocycles. The van der Waals surface area contributed by atoms with Crippen LogP contribution in [0.25, 0.3) is 5.52 Å². The normalized spacial score (nSPS) is 10.4. The number of aromatic nitrogens is 2. The van der Waals surface area contributed by atoms with Crippen molar-refractivity contribution in [2.45, 2.75) is 6.92 Å². The summed E-state index contributed by atoms with van der Waals surface area (Å²) < 4.78 is 1.86. The minimum absolute atomic E-state index is 0.0463. The highest BCUT2D eigenvalue weighted by Crippen LogP contribution is 2.18. The van der Waals surface area contributed by atoms with Crippen LogP contribution in [0.5, 0.6) is 0 Å². The lowest BCUT2D eigenvalue weighted by atomic mass is 10.2. The third kappa shape index (κ3) is 1.16. The van der Waals surface area contributed by atoms with E-state index >= 15 is 0 Å². The van der Waals surface area contributed by atoms with Crippen molar-refractivity contribution in [2.75, 3.05) is 12.4 Å². The van der Waals surface area contributed by atoms with Crippen LogP contribution in [-0.4, -0.2) is 22.2 Å². The van der Waals surface area contributed by atoms with Gasteiger partial charge in [-0.25, -0.2) is 4.98 Å². The Morgan fingerprint density at radius 2 is 2.29 bits per heavy atom. The maximum Gasteiger partial charge on any atom is 0.163 e. The van der Waals surface area contributed by atoms with Crippen molar-refractivity contribution in [2.24, 2.45) is 0 Å². The number of imidazole rings is 1. The van der Waals surface area contributed by atoms with Gasteiger partial charge < -0.3 is 5.32 Å². The van der Waals surface area contributed by atoms with Crippen molar-refractivity contribution in [3.05, 3.63) is 30.2 Å². The van der Waals surface area contributed by atoms with Gasteiger partial charge in [0.1, 0.15) is 12.1 Å². The summed E-state index contributed by atoms with van der Waals surface area (Å²) in [5.74, 6) is 0.831. The number of nitrogens with one attached hydrogen (secondary N) is 1. The molecule has 2 aromatic heterocycles. The van der Waals surface area contributed by atoms with E-state index in [1.54, 1.807) is 26.5 Å². The van der Waals surface area contributed by atoms with Crippen LogP contribution in [0, 0.1) is 0 Å². The first-order valence-electron chi connectivity index (χ1n) is 4.38. The number of fused-ring (bicyclic) bond motifs is 1. The predicted octanol–water partition coefficient (Wildman–Crippen LogP) is 1.58. The van der Waals surface area contributed by atoms with Crippen molar-refractivity contribution in [3.8, 4) is 0 Å². The molecule has 0 atom stereocenters. The van der Waals surface area contributed by atoms with Crippen LogP contribution in [0.15, 0.2) is 24.7 Å². The topological polar surface area (TPSA) is 46.4 Å². The largest absolute Gasteiger partial charge is 0.374 e. The molecule has 2 heterocycles. The molecule has 1 N–H and O–H groups in total. The summed E-state index contributed by atoms with van der Waals surface area (Å²) in [4.78, 5) is 15.3. The molecule has 0 spiro atoms. The minimum atomic E-state index is 0.0463. The van der Waals surface area contributed by atoms with Gasteiger partial charge in [0.15, 0.2) is 5.78 Å². The van der Waals surface area contributed by atoms with Gasteiger partial charge in [-0.1, -0.05) is 0 Å². The molecule has 0 amide bonds. The molecule has 2 aromatic rings. The van der Waals surface area contributed by atoms with E-state index in [0.29, 0.717) is 5.56 Å². The molecule has 0 aromatic carbocycles. The zero-order chi connectivity index (χ0) is 10.1. The van der Waals surface area contributed by atoms with Gasteiger partial charge in [-0.2, -0.15) is 0 Å². The van der Waals surface area contributed by atoms with Crippen LogP contribution >= 0.6 is 0 Å². The zero-order valence-electron chi connectivity index (χ0n) is 8.11. The molecule has 72 valence electrons. The summed E-state index contributed by atoms with van der Waals surface area (Å²) in [5.41, 5.74) is 1.65. The van der Waals surface area contributed by atoms with Crippen molar-refractivity contribution in [1.29, 1.82) is 0 Å². The maximum atomic E-state index is 11.3. The number of rotatable bonds is 2. The van der Waals surface area contributed by atoms with Gasteiger partial charge in [0, 0.05) is 7.05 Å². The van der Waals surface area contributed by atoms with E-state index in [1.165, 1.54) is 0 Å². The fourth-order valence-corrected chi connectivity index (χ4v) is 1.53. The minimum Gasteiger partial charge on any atom is -0.374 e. The number of ketones is 1. The SMILES string of the molecule is CNc1c(C(C)=O)ccc2cncn12. The molecule has 0 radical (unpaired) electrons. The van der Waals surface area contributed by atoms with Gasteiger partial charge in [-0.3, -0.25) is 9.20 Å². The fraction of sp³-hybridized carbons (Fsp3) is 0.200. The molecule has 4 heteroatoms. The van der Waals surface area contributed by atoms with E-state index in [0.717, 1.165) is 11.3 Å². The lowest BCUT2D eigenvalue weighted by Gasteiger charge is -2.08. The van der Waals surface area contributed by atoms with Crippen LogP contribution in [0.3, 0.4) is 0 Å². The van der Waals surface area contributed by atoms with Gasteiger partial charge in [-0.15, -0.1) is 0 Å². The second-order valence-electron chi connectivity index (χ2n) is 3.09. The Morgan fingerprint density at radius 3 is 2.93 bits per heavy atom. The molecule has 0 unspecified atom stereocenters. The molecular weight excluding hydrogens is 178 g/mol. The van der Waals surface area contributed by atoms with E-state index < -0.39 is 0 Å². The van der Waals surface area contributed by atoms with Gasteiger partial charge in [0.25, 0.3) is 0 Å². The first-order valence-corrected chi connectivity index (χ1v) is 4.38.